The quantitative estimate of drug-likeness (QED) is 0.633. The number of aromatic nitrogens is 2. The molecule has 176 valence electrons. The van der Waals surface area contributed by atoms with Crippen molar-refractivity contribution in [2.45, 2.75) is 52.5 Å². The fourth-order valence-electron chi connectivity index (χ4n) is 4.79. The van der Waals surface area contributed by atoms with Crippen molar-refractivity contribution in [3.63, 3.8) is 0 Å². The molecule has 1 N–H and O–H groups in total. The van der Waals surface area contributed by atoms with Crippen LogP contribution in [0.5, 0.6) is 0 Å². The van der Waals surface area contributed by atoms with E-state index in [1.807, 2.05) is 59.7 Å². The molecule has 2 heterocycles. The monoisotopic (exact) mass is 468 g/mol. The zero-order valence-electron chi connectivity index (χ0n) is 20.2. The first-order valence-corrected chi connectivity index (χ1v) is 12.8. The number of sulfonamides is 1. The van der Waals surface area contributed by atoms with Crippen LogP contribution in [0.4, 0.5) is 0 Å². The van der Waals surface area contributed by atoms with Gasteiger partial charge in [-0.05, 0) is 81.5 Å². The summed E-state index contributed by atoms with van der Waals surface area (Å²) >= 11 is 0. The summed E-state index contributed by atoms with van der Waals surface area (Å²) in [6, 6.07) is 7.16. The number of hydrogen-bond donors (Lipinski definition) is 1. The van der Waals surface area contributed by atoms with Crippen molar-refractivity contribution in [3.05, 3.63) is 68.3 Å². The molecule has 0 bridgehead atoms. The first-order chi connectivity index (χ1) is 15.5. The molecule has 1 fully saturated rings. The standard InChI is InChI=1S/C25H32N4O3S/c1-15-16(2)18(4)23(19(5)17(15)3)33(31,32)29-13-11-28(12-14-29)20(6)24-26-22-10-8-7-9-21(22)25(30)27-24/h7-10,20H,11-14H2,1-6H3,(H,26,27,30)/t20-/m1/s1. The van der Waals surface area contributed by atoms with Gasteiger partial charge >= 0.3 is 0 Å². The van der Waals surface area contributed by atoms with Gasteiger partial charge in [0.05, 0.1) is 21.8 Å². The van der Waals surface area contributed by atoms with Crippen LogP contribution in [0.1, 0.15) is 46.6 Å². The number of nitrogens with one attached hydrogen (secondary N) is 1. The van der Waals surface area contributed by atoms with Crippen molar-refractivity contribution in [3.8, 4) is 0 Å². The van der Waals surface area contributed by atoms with Gasteiger partial charge in [-0.2, -0.15) is 4.31 Å². The minimum absolute atomic E-state index is 0.125. The second-order valence-corrected chi connectivity index (χ2v) is 10.9. The molecule has 3 aromatic rings. The van der Waals surface area contributed by atoms with Crippen LogP contribution in [0.25, 0.3) is 10.9 Å². The van der Waals surface area contributed by atoms with Gasteiger partial charge in [0.15, 0.2) is 0 Å². The Bertz CT molecular complexity index is 1360. The van der Waals surface area contributed by atoms with E-state index in [4.69, 9.17) is 0 Å². The first-order valence-electron chi connectivity index (χ1n) is 11.3. The molecule has 0 radical (unpaired) electrons. The van der Waals surface area contributed by atoms with Gasteiger partial charge < -0.3 is 4.98 Å². The molecule has 2 aromatic carbocycles. The van der Waals surface area contributed by atoms with Crippen molar-refractivity contribution in [2.75, 3.05) is 26.2 Å². The molecule has 4 rings (SSSR count). The molecule has 33 heavy (non-hydrogen) atoms. The van der Waals surface area contributed by atoms with Crippen LogP contribution in [0, 0.1) is 34.6 Å². The molecule has 0 unspecified atom stereocenters. The Balaban J connectivity index is 1.57. The van der Waals surface area contributed by atoms with Gasteiger partial charge in [-0.3, -0.25) is 9.69 Å². The molecule has 0 aliphatic carbocycles. The van der Waals surface area contributed by atoms with Crippen LogP contribution in [0.2, 0.25) is 0 Å². The zero-order chi connectivity index (χ0) is 24.1. The van der Waals surface area contributed by atoms with E-state index in [1.165, 1.54) is 0 Å². The fourth-order valence-corrected chi connectivity index (χ4v) is 6.77. The van der Waals surface area contributed by atoms with Crippen molar-refractivity contribution >= 4 is 20.9 Å². The summed E-state index contributed by atoms with van der Waals surface area (Å²) in [7, 11) is -3.60. The summed E-state index contributed by atoms with van der Waals surface area (Å²) in [5.41, 5.74) is 5.42. The lowest BCUT2D eigenvalue weighted by Gasteiger charge is -2.37. The summed E-state index contributed by atoms with van der Waals surface area (Å²) < 4.78 is 28.9. The summed E-state index contributed by atoms with van der Waals surface area (Å²) in [5, 5.41) is 0.568. The Morgan fingerprint density at radius 2 is 1.42 bits per heavy atom. The average Bonchev–Trinajstić information content (AvgIpc) is 2.81. The minimum atomic E-state index is -3.60. The Kier molecular flexibility index (Phi) is 6.20. The molecule has 1 aliphatic rings. The lowest BCUT2D eigenvalue weighted by Crippen LogP contribution is -2.49. The molecular formula is C25H32N4O3S. The first kappa shape index (κ1) is 23.6. The molecule has 1 aromatic heterocycles. The average molecular weight is 469 g/mol. The maximum absolute atomic E-state index is 13.6. The molecule has 0 amide bonds. The number of nitrogens with zero attached hydrogens (tertiary/aromatic N) is 3. The van der Waals surface area contributed by atoms with Crippen LogP contribution in [0.3, 0.4) is 0 Å². The normalized spacial score (nSPS) is 16.9. The predicted molar refractivity (Wildman–Crippen MR) is 131 cm³/mol. The number of piperazine rings is 1. The number of para-hydroxylation sites is 1. The fraction of sp³-hybridized carbons (Fsp3) is 0.440. The molecule has 0 spiro atoms. The van der Waals surface area contributed by atoms with Gasteiger partial charge in [0, 0.05) is 26.2 Å². The molecule has 8 heteroatoms. The predicted octanol–water partition coefficient (Wildman–Crippen LogP) is 3.53. The SMILES string of the molecule is Cc1c(C)c(C)c(S(=O)(=O)N2CCN([C@H](C)c3nc4ccccc4c(=O)[nH]3)CC2)c(C)c1C. The topological polar surface area (TPSA) is 86.4 Å². The van der Waals surface area contributed by atoms with E-state index in [9.17, 15) is 13.2 Å². The second kappa shape index (κ2) is 8.66. The molecule has 1 saturated heterocycles. The number of fused-ring (bicyclic) bond motifs is 1. The van der Waals surface area contributed by atoms with Crippen LogP contribution < -0.4 is 5.56 Å². The highest BCUT2D eigenvalue weighted by molar-refractivity contribution is 7.89. The van der Waals surface area contributed by atoms with E-state index < -0.39 is 10.0 Å². The lowest BCUT2D eigenvalue weighted by molar-refractivity contribution is 0.141. The molecular weight excluding hydrogens is 436 g/mol. The summed E-state index contributed by atoms with van der Waals surface area (Å²) in [5.74, 6) is 0.603. The smallest absolute Gasteiger partial charge is 0.258 e. The maximum Gasteiger partial charge on any atom is 0.258 e. The van der Waals surface area contributed by atoms with Gasteiger partial charge in [-0.1, -0.05) is 12.1 Å². The minimum Gasteiger partial charge on any atom is -0.309 e. The lowest BCUT2D eigenvalue weighted by atomic mass is 9.95. The largest absolute Gasteiger partial charge is 0.309 e. The van der Waals surface area contributed by atoms with Crippen molar-refractivity contribution in [1.29, 1.82) is 0 Å². The highest BCUT2D eigenvalue weighted by atomic mass is 32.2. The summed E-state index contributed by atoms with van der Waals surface area (Å²) in [6.07, 6.45) is 0. The van der Waals surface area contributed by atoms with Gasteiger partial charge in [0.25, 0.3) is 5.56 Å². The van der Waals surface area contributed by atoms with Crippen LogP contribution >= 0.6 is 0 Å². The van der Waals surface area contributed by atoms with Gasteiger partial charge in [0.2, 0.25) is 10.0 Å². The van der Waals surface area contributed by atoms with E-state index in [2.05, 4.69) is 14.9 Å². The van der Waals surface area contributed by atoms with Crippen molar-refractivity contribution in [2.24, 2.45) is 0 Å². The Hall–Kier alpha value is -2.55. The number of hydrogen-bond acceptors (Lipinski definition) is 5. The van der Waals surface area contributed by atoms with Crippen LogP contribution in [0.15, 0.2) is 34.0 Å². The summed E-state index contributed by atoms with van der Waals surface area (Å²) in [6.45, 7) is 13.8. The van der Waals surface area contributed by atoms with Crippen molar-refractivity contribution in [1.82, 2.24) is 19.2 Å². The van der Waals surface area contributed by atoms with E-state index in [1.54, 1.807) is 10.4 Å². The Morgan fingerprint density at radius 3 is 2.03 bits per heavy atom. The maximum atomic E-state index is 13.6. The van der Waals surface area contributed by atoms with Crippen molar-refractivity contribution < 1.29 is 8.42 Å². The Labute approximate surface area is 195 Å². The van der Waals surface area contributed by atoms with Crippen LogP contribution in [-0.4, -0.2) is 53.8 Å². The number of H-pyrrole nitrogens is 1. The molecule has 0 saturated carbocycles. The van der Waals surface area contributed by atoms with Crippen LogP contribution in [-0.2, 0) is 10.0 Å². The Morgan fingerprint density at radius 1 is 0.879 bits per heavy atom. The van der Waals surface area contributed by atoms with E-state index in [-0.39, 0.29) is 11.6 Å². The van der Waals surface area contributed by atoms with Gasteiger partial charge in [-0.25, -0.2) is 13.4 Å². The third-order valence-corrected chi connectivity index (χ3v) is 9.55. The van der Waals surface area contributed by atoms with E-state index in [0.29, 0.717) is 47.8 Å². The number of benzene rings is 2. The van der Waals surface area contributed by atoms with Gasteiger partial charge in [0.1, 0.15) is 5.82 Å². The van der Waals surface area contributed by atoms with Gasteiger partial charge in [-0.15, -0.1) is 0 Å². The highest BCUT2D eigenvalue weighted by Crippen LogP contribution is 2.32. The van der Waals surface area contributed by atoms with E-state index in [0.717, 1.165) is 27.8 Å². The third kappa shape index (κ3) is 4.00. The van der Waals surface area contributed by atoms with E-state index >= 15 is 0 Å². The number of rotatable bonds is 4. The number of aromatic amines is 1. The third-order valence-electron chi connectivity index (χ3n) is 7.38. The summed E-state index contributed by atoms with van der Waals surface area (Å²) in [4.78, 5) is 22.6. The second-order valence-electron chi connectivity index (χ2n) is 9.04. The zero-order valence-corrected chi connectivity index (χ0v) is 21.0. The molecule has 1 atom stereocenters. The molecule has 1 aliphatic heterocycles. The highest BCUT2D eigenvalue weighted by Gasteiger charge is 2.34. The molecule has 7 nitrogen and oxygen atoms in total.